The van der Waals surface area contributed by atoms with Gasteiger partial charge in [-0.1, -0.05) is 0 Å². The Hall–Kier alpha value is -3.14. The third kappa shape index (κ3) is 6.69. The molecule has 0 atom stereocenters. The van der Waals surface area contributed by atoms with E-state index in [2.05, 4.69) is 4.98 Å². The predicted molar refractivity (Wildman–Crippen MR) is 128 cm³/mol. The summed E-state index contributed by atoms with van der Waals surface area (Å²) in [5.74, 6) is 0.389. The molecule has 0 radical (unpaired) electrons. The van der Waals surface area contributed by atoms with E-state index in [-0.39, 0.29) is 23.1 Å². The molecule has 1 aromatic heterocycles. The fourth-order valence-corrected chi connectivity index (χ4v) is 4.01. The standard InChI is InChI=1S/C24H31N3O6S/c1-24(2,3)33-23(29)27-14-12-20(13-15-27)32-19-9-6-17(7-10-19)22(28)26(4)18-8-11-21(25-16-18)34(5,30)31/h6-11,16,20H,12-15H2,1-5H3. The third-order valence-corrected chi connectivity index (χ3v) is 6.29. The van der Waals surface area contributed by atoms with Crippen LogP contribution in [-0.2, 0) is 14.6 Å². The van der Waals surface area contributed by atoms with E-state index in [1.807, 2.05) is 20.8 Å². The molecule has 2 aromatic rings. The van der Waals surface area contributed by atoms with E-state index in [1.54, 1.807) is 42.3 Å². The van der Waals surface area contributed by atoms with Crippen molar-refractivity contribution in [2.75, 3.05) is 31.3 Å². The Bertz CT molecular complexity index is 1120. The van der Waals surface area contributed by atoms with Crippen molar-refractivity contribution in [1.82, 2.24) is 9.88 Å². The van der Waals surface area contributed by atoms with E-state index in [9.17, 15) is 18.0 Å². The first-order valence-electron chi connectivity index (χ1n) is 11.0. The Morgan fingerprint density at radius 1 is 1.06 bits per heavy atom. The van der Waals surface area contributed by atoms with Crippen LogP contribution < -0.4 is 9.64 Å². The summed E-state index contributed by atoms with van der Waals surface area (Å²) in [6.45, 7) is 6.66. The van der Waals surface area contributed by atoms with Crippen molar-refractivity contribution >= 4 is 27.5 Å². The van der Waals surface area contributed by atoms with Crippen LogP contribution in [0.2, 0.25) is 0 Å². The lowest BCUT2D eigenvalue weighted by molar-refractivity contribution is 0.0126. The highest BCUT2D eigenvalue weighted by atomic mass is 32.2. The lowest BCUT2D eigenvalue weighted by Crippen LogP contribution is -2.44. The monoisotopic (exact) mass is 489 g/mol. The van der Waals surface area contributed by atoms with Crippen molar-refractivity contribution in [3.05, 3.63) is 48.2 Å². The highest BCUT2D eigenvalue weighted by Crippen LogP contribution is 2.22. The highest BCUT2D eigenvalue weighted by Gasteiger charge is 2.27. The number of hydrogen-bond donors (Lipinski definition) is 0. The molecule has 1 aliphatic rings. The summed E-state index contributed by atoms with van der Waals surface area (Å²) in [7, 11) is -1.80. The normalized spacial score (nSPS) is 15.0. The third-order valence-electron chi connectivity index (χ3n) is 5.29. The van der Waals surface area contributed by atoms with Crippen LogP contribution in [0.15, 0.2) is 47.6 Å². The van der Waals surface area contributed by atoms with Crippen molar-refractivity contribution in [2.45, 2.75) is 50.3 Å². The number of nitrogens with zero attached hydrogens (tertiary/aromatic N) is 3. The van der Waals surface area contributed by atoms with E-state index in [1.165, 1.54) is 17.2 Å². The molecule has 1 aliphatic heterocycles. The van der Waals surface area contributed by atoms with Gasteiger partial charge in [-0.15, -0.1) is 0 Å². The number of sulfone groups is 1. The number of piperidine rings is 1. The lowest BCUT2D eigenvalue weighted by Gasteiger charge is -2.33. The summed E-state index contributed by atoms with van der Waals surface area (Å²) >= 11 is 0. The Morgan fingerprint density at radius 2 is 1.68 bits per heavy atom. The number of ether oxygens (including phenoxy) is 2. The summed E-state index contributed by atoms with van der Waals surface area (Å²) in [5, 5.41) is -0.0458. The molecule has 0 aliphatic carbocycles. The van der Waals surface area contributed by atoms with Crippen molar-refractivity contribution < 1.29 is 27.5 Å². The highest BCUT2D eigenvalue weighted by molar-refractivity contribution is 7.90. The van der Waals surface area contributed by atoms with Crippen molar-refractivity contribution in [3.8, 4) is 5.75 Å². The number of carbonyl (C=O) groups is 2. The summed E-state index contributed by atoms with van der Waals surface area (Å²) in [4.78, 5) is 32.0. The summed E-state index contributed by atoms with van der Waals surface area (Å²) in [6.07, 6.45) is 3.49. The minimum Gasteiger partial charge on any atom is -0.490 e. The molecule has 3 rings (SSSR count). The van der Waals surface area contributed by atoms with Crippen LogP contribution in [0.4, 0.5) is 10.5 Å². The quantitative estimate of drug-likeness (QED) is 0.632. The number of hydrogen-bond acceptors (Lipinski definition) is 7. The first kappa shape index (κ1) is 25.5. The van der Waals surface area contributed by atoms with E-state index in [4.69, 9.17) is 9.47 Å². The van der Waals surface area contributed by atoms with Crippen LogP contribution in [-0.4, -0.2) is 68.4 Å². The van der Waals surface area contributed by atoms with Crippen LogP contribution >= 0.6 is 0 Å². The fourth-order valence-electron chi connectivity index (χ4n) is 3.45. The molecule has 0 unspecified atom stereocenters. The fraction of sp³-hybridized carbons (Fsp3) is 0.458. The SMILES string of the molecule is CN(C(=O)c1ccc(OC2CCN(C(=O)OC(C)(C)C)CC2)cc1)c1ccc(S(C)(=O)=O)nc1. The van der Waals surface area contributed by atoms with Crippen LogP contribution in [0.1, 0.15) is 44.0 Å². The first-order chi connectivity index (χ1) is 15.8. The maximum absolute atomic E-state index is 12.8. The molecule has 0 N–H and O–H groups in total. The zero-order chi connectivity index (χ0) is 25.1. The van der Waals surface area contributed by atoms with Crippen LogP contribution in [0.25, 0.3) is 0 Å². The van der Waals surface area contributed by atoms with Gasteiger partial charge in [0, 0.05) is 44.8 Å². The van der Waals surface area contributed by atoms with Gasteiger partial charge in [0.05, 0.1) is 11.9 Å². The number of anilines is 1. The average molecular weight is 490 g/mol. The molecule has 2 amide bonds. The number of carbonyl (C=O) groups excluding carboxylic acids is 2. The zero-order valence-electron chi connectivity index (χ0n) is 20.1. The lowest BCUT2D eigenvalue weighted by atomic mass is 10.1. The number of pyridine rings is 1. The van der Waals surface area contributed by atoms with E-state index >= 15 is 0 Å². The zero-order valence-corrected chi connectivity index (χ0v) is 21.0. The van der Waals surface area contributed by atoms with Gasteiger partial charge in [0.15, 0.2) is 14.9 Å². The molecule has 1 aromatic carbocycles. The molecule has 0 saturated carbocycles. The van der Waals surface area contributed by atoms with Crippen molar-refractivity contribution in [3.63, 3.8) is 0 Å². The smallest absolute Gasteiger partial charge is 0.410 e. The van der Waals surface area contributed by atoms with E-state index < -0.39 is 15.4 Å². The minimum absolute atomic E-state index is 0.0256. The van der Waals surface area contributed by atoms with Gasteiger partial charge < -0.3 is 19.3 Å². The molecule has 184 valence electrons. The first-order valence-corrected chi connectivity index (χ1v) is 12.9. The average Bonchev–Trinajstić information content (AvgIpc) is 2.77. The van der Waals surface area contributed by atoms with E-state index in [0.717, 1.165) is 6.26 Å². The van der Waals surface area contributed by atoms with Gasteiger partial charge in [-0.3, -0.25) is 4.79 Å². The molecular weight excluding hydrogens is 458 g/mol. The second kappa shape index (κ2) is 10.0. The van der Waals surface area contributed by atoms with Crippen molar-refractivity contribution in [2.24, 2.45) is 0 Å². The Morgan fingerprint density at radius 3 is 2.18 bits per heavy atom. The van der Waals surface area contributed by atoms with Crippen LogP contribution in [0.3, 0.4) is 0 Å². The van der Waals surface area contributed by atoms with Gasteiger partial charge in [0.25, 0.3) is 5.91 Å². The molecule has 1 saturated heterocycles. The summed E-state index contributed by atoms with van der Waals surface area (Å²) in [6, 6.07) is 9.77. The summed E-state index contributed by atoms with van der Waals surface area (Å²) < 4.78 is 34.6. The molecular formula is C24H31N3O6S. The molecule has 2 heterocycles. The number of benzene rings is 1. The summed E-state index contributed by atoms with van der Waals surface area (Å²) in [5.41, 5.74) is 0.421. The Kier molecular flexibility index (Phi) is 7.50. The number of likely N-dealkylation sites (tertiary alicyclic amines) is 1. The molecule has 1 fully saturated rings. The minimum atomic E-state index is -3.40. The van der Waals surface area contributed by atoms with Gasteiger partial charge in [0.2, 0.25) is 0 Å². The van der Waals surface area contributed by atoms with Gasteiger partial charge >= 0.3 is 6.09 Å². The van der Waals surface area contributed by atoms with E-state index in [0.29, 0.717) is 42.9 Å². The molecule has 0 spiro atoms. The van der Waals surface area contributed by atoms with Gasteiger partial charge in [0.1, 0.15) is 17.5 Å². The maximum atomic E-state index is 12.8. The van der Waals surface area contributed by atoms with Crippen LogP contribution in [0, 0.1) is 0 Å². The molecule has 34 heavy (non-hydrogen) atoms. The van der Waals surface area contributed by atoms with Gasteiger partial charge in [-0.25, -0.2) is 18.2 Å². The van der Waals surface area contributed by atoms with Gasteiger partial charge in [-0.05, 0) is 57.2 Å². The molecule has 9 nitrogen and oxygen atoms in total. The predicted octanol–water partition coefficient (Wildman–Crippen LogP) is 3.54. The molecule has 0 bridgehead atoms. The molecule has 10 heteroatoms. The van der Waals surface area contributed by atoms with Crippen molar-refractivity contribution in [1.29, 1.82) is 0 Å². The Labute approximate surface area is 200 Å². The second-order valence-corrected chi connectivity index (χ2v) is 11.3. The number of rotatable bonds is 5. The second-order valence-electron chi connectivity index (χ2n) is 9.30. The van der Waals surface area contributed by atoms with Gasteiger partial charge in [-0.2, -0.15) is 0 Å². The Balaban J connectivity index is 1.55. The largest absolute Gasteiger partial charge is 0.490 e. The number of aromatic nitrogens is 1. The van der Waals surface area contributed by atoms with Crippen LogP contribution in [0.5, 0.6) is 5.75 Å². The topological polar surface area (TPSA) is 106 Å². The maximum Gasteiger partial charge on any atom is 0.410 e. The number of amides is 2.